The molecule has 1 aliphatic rings. The van der Waals surface area contributed by atoms with Crippen LogP contribution in [0.4, 0.5) is 10.5 Å². The molecular weight excluding hydrogens is 356 g/mol. The monoisotopic (exact) mass is 376 g/mol. The molecule has 0 aliphatic carbocycles. The summed E-state index contributed by atoms with van der Waals surface area (Å²) in [7, 11) is 1.33. The molecule has 2 N–H and O–H groups in total. The Morgan fingerprint density at radius 1 is 1.18 bits per heavy atom. The molecule has 0 spiro atoms. The SMILES string of the molecule is COC(=O)c1cccc(NC(=O)N2CCc3[nH]cnc3[C@H]2c2ccccc2)c1. The standard InChI is InChI=1S/C21H20N4O3/c1-28-20(26)15-8-5-9-16(12-15)24-21(27)25-11-10-17-18(23-13-22-17)19(25)14-6-3-2-4-7-14/h2-9,12-13,19H,10-11H2,1H3,(H,22,23)(H,24,27)/t19-/m1/s1. The maximum Gasteiger partial charge on any atom is 0.337 e. The molecule has 0 saturated heterocycles. The smallest absolute Gasteiger partial charge is 0.337 e. The number of fused-ring (bicyclic) bond motifs is 1. The lowest BCUT2D eigenvalue weighted by atomic mass is 9.96. The van der Waals surface area contributed by atoms with E-state index in [0.717, 1.165) is 17.0 Å². The molecule has 3 aromatic rings. The molecule has 1 atom stereocenters. The van der Waals surface area contributed by atoms with Gasteiger partial charge in [0.1, 0.15) is 6.04 Å². The van der Waals surface area contributed by atoms with Crippen molar-refractivity contribution in [2.24, 2.45) is 0 Å². The lowest BCUT2D eigenvalue weighted by Gasteiger charge is -2.35. The summed E-state index contributed by atoms with van der Waals surface area (Å²) in [4.78, 5) is 34.2. The first kappa shape index (κ1) is 17.8. The highest BCUT2D eigenvalue weighted by Gasteiger charge is 2.34. The first-order chi connectivity index (χ1) is 13.7. The number of nitrogens with one attached hydrogen (secondary N) is 2. The van der Waals surface area contributed by atoms with Gasteiger partial charge in [-0.3, -0.25) is 0 Å². The zero-order chi connectivity index (χ0) is 19.5. The van der Waals surface area contributed by atoms with Crippen molar-refractivity contribution in [1.82, 2.24) is 14.9 Å². The van der Waals surface area contributed by atoms with Crippen LogP contribution in [0.3, 0.4) is 0 Å². The van der Waals surface area contributed by atoms with Gasteiger partial charge in [-0.1, -0.05) is 36.4 Å². The molecule has 4 rings (SSSR count). The second-order valence-electron chi connectivity index (χ2n) is 6.53. The summed E-state index contributed by atoms with van der Waals surface area (Å²) in [5.41, 5.74) is 3.82. The summed E-state index contributed by atoms with van der Waals surface area (Å²) in [6.45, 7) is 0.553. The summed E-state index contributed by atoms with van der Waals surface area (Å²) < 4.78 is 4.74. The number of ether oxygens (including phenoxy) is 1. The van der Waals surface area contributed by atoms with Gasteiger partial charge in [0.15, 0.2) is 0 Å². The van der Waals surface area contributed by atoms with Crippen molar-refractivity contribution in [2.45, 2.75) is 12.5 Å². The number of rotatable bonds is 3. The van der Waals surface area contributed by atoms with E-state index in [4.69, 9.17) is 4.74 Å². The third kappa shape index (κ3) is 3.34. The summed E-state index contributed by atoms with van der Waals surface area (Å²) in [6, 6.07) is 16.0. The number of hydrogen-bond acceptors (Lipinski definition) is 4. The highest BCUT2D eigenvalue weighted by atomic mass is 16.5. The number of urea groups is 1. The van der Waals surface area contributed by atoms with E-state index in [1.807, 2.05) is 30.3 Å². The van der Waals surface area contributed by atoms with Crippen LogP contribution in [0.25, 0.3) is 0 Å². The first-order valence-corrected chi connectivity index (χ1v) is 9.00. The van der Waals surface area contributed by atoms with Gasteiger partial charge in [-0.15, -0.1) is 0 Å². The first-order valence-electron chi connectivity index (χ1n) is 9.00. The Morgan fingerprint density at radius 3 is 2.79 bits per heavy atom. The van der Waals surface area contributed by atoms with Gasteiger partial charge >= 0.3 is 12.0 Å². The molecule has 28 heavy (non-hydrogen) atoms. The molecule has 7 heteroatoms. The van der Waals surface area contributed by atoms with Crippen molar-refractivity contribution in [3.8, 4) is 0 Å². The van der Waals surface area contributed by atoms with Crippen molar-refractivity contribution in [3.63, 3.8) is 0 Å². The molecule has 0 unspecified atom stereocenters. The van der Waals surface area contributed by atoms with Crippen molar-refractivity contribution < 1.29 is 14.3 Å². The number of benzene rings is 2. The maximum atomic E-state index is 13.1. The minimum Gasteiger partial charge on any atom is -0.465 e. The van der Waals surface area contributed by atoms with Gasteiger partial charge in [0, 0.05) is 24.3 Å². The molecule has 1 aliphatic heterocycles. The number of anilines is 1. The van der Waals surface area contributed by atoms with E-state index in [1.54, 1.807) is 35.5 Å². The van der Waals surface area contributed by atoms with Crippen LogP contribution in [-0.2, 0) is 11.2 Å². The molecule has 1 aromatic heterocycles. The van der Waals surface area contributed by atoms with Gasteiger partial charge in [0.2, 0.25) is 0 Å². The summed E-state index contributed by atoms with van der Waals surface area (Å²) in [5.74, 6) is -0.447. The third-order valence-electron chi connectivity index (χ3n) is 4.84. The predicted molar refractivity (Wildman–Crippen MR) is 104 cm³/mol. The molecule has 0 radical (unpaired) electrons. The molecule has 142 valence electrons. The maximum absolute atomic E-state index is 13.1. The number of hydrogen-bond donors (Lipinski definition) is 2. The Kier molecular flexibility index (Phi) is 4.80. The zero-order valence-corrected chi connectivity index (χ0v) is 15.4. The van der Waals surface area contributed by atoms with Crippen LogP contribution in [-0.4, -0.2) is 40.5 Å². The second kappa shape index (κ2) is 7.56. The van der Waals surface area contributed by atoms with E-state index in [9.17, 15) is 9.59 Å². The molecule has 2 heterocycles. The summed E-state index contributed by atoms with van der Waals surface area (Å²) in [5, 5.41) is 2.89. The minimum atomic E-state index is -0.447. The van der Waals surface area contributed by atoms with Crippen LogP contribution in [0, 0.1) is 0 Å². The number of amides is 2. The zero-order valence-electron chi connectivity index (χ0n) is 15.4. The Morgan fingerprint density at radius 2 is 2.00 bits per heavy atom. The number of esters is 1. The topological polar surface area (TPSA) is 87.3 Å². The van der Waals surface area contributed by atoms with Gasteiger partial charge in [-0.2, -0.15) is 0 Å². The fourth-order valence-corrected chi connectivity index (χ4v) is 3.51. The normalized spacial score (nSPS) is 15.6. The van der Waals surface area contributed by atoms with Crippen molar-refractivity contribution in [3.05, 3.63) is 83.4 Å². The van der Waals surface area contributed by atoms with Crippen LogP contribution in [0.5, 0.6) is 0 Å². The Balaban J connectivity index is 1.62. The van der Waals surface area contributed by atoms with Crippen molar-refractivity contribution in [1.29, 1.82) is 0 Å². The van der Waals surface area contributed by atoms with Gasteiger partial charge in [0.25, 0.3) is 0 Å². The second-order valence-corrected chi connectivity index (χ2v) is 6.53. The largest absolute Gasteiger partial charge is 0.465 e. The number of aromatic amines is 1. The van der Waals surface area contributed by atoms with E-state index in [2.05, 4.69) is 15.3 Å². The molecule has 2 aromatic carbocycles. The van der Waals surface area contributed by atoms with Crippen LogP contribution < -0.4 is 5.32 Å². The van der Waals surface area contributed by atoms with Crippen molar-refractivity contribution >= 4 is 17.7 Å². The fourth-order valence-electron chi connectivity index (χ4n) is 3.51. The average Bonchev–Trinajstić information content (AvgIpc) is 3.22. The van der Waals surface area contributed by atoms with Crippen LogP contribution in [0.2, 0.25) is 0 Å². The molecule has 7 nitrogen and oxygen atoms in total. The van der Waals surface area contributed by atoms with E-state index < -0.39 is 5.97 Å². The number of nitrogens with zero attached hydrogens (tertiary/aromatic N) is 2. The Hall–Kier alpha value is -3.61. The number of methoxy groups -OCH3 is 1. The summed E-state index contributed by atoms with van der Waals surface area (Å²) in [6.07, 6.45) is 2.37. The van der Waals surface area contributed by atoms with E-state index >= 15 is 0 Å². The highest BCUT2D eigenvalue weighted by Crippen LogP contribution is 2.33. The fraction of sp³-hybridized carbons (Fsp3) is 0.190. The van der Waals surface area contributed by atoms with E-state index in [-0.39, 0.29) is 12.1 Å². The number of imidazole rings is 1. The molecular formula is C21H20N4O3. The molecule has 0 fully saturated rings. The van der Waals surface area contributed by atoms with E-state index in [1.165, 1.54) is 7.11 Å². The summed E-state index contributed by atoms with van der Waals surface area (Å²) >= 11 is 0. The van der Waals surface area contributed by atoms with Gasteiger partial charge < -0.3 is 19.9 Å². The van der Waals surface area contributed by atoms with Crippen LogP contribution in [0.15, 0.2) is 60.9 Å². The number of carbonyl (C=O) groups excluding carboxylic acids is 2. The number of H-pyrrole nitrogens is 1. The lowest BCUT2D eigenvalue weighted by molar-refractivity contribution is 0.0600. The van der Waals surface area contributed by atoms with Crippen LogP contribution >= 0.6 is 0 Å². The number of aromatic nitrogens is 2. The quantitative estimate of drug-likeness (QED) is 0.686. The number of carbonyl (C=O) groups is 2. The average molecular weight is 376 g/mol. The molecule has 2 amide bonds. The minimum absolute atomic E-state index is 0.246. The third-order valence-corrected chi connectivity index (χ3v) is 4.84. The lowest BCUT2D eigenvalue weighted by Crippen LogP contribution is -2.43. The van der Waals surface area contributed by atoms with E-state index in [0.29, 0.717) is 24.2 Å². The molecule has 0 bridgehead atoms. The molecule has 0 saturated carbocycles. The predicted octanol–water partition coefficient (Wildman–Crippen LogP) is 3.38. The Bertz CT molecular complexity index is 1000. The van der Waals surface area contributed by atoms with Crippen molar-refractivity contribution in [2.75, 3.05) is 19.0 Å². The Labute approximate surface area is 162 Å². The van der Waals surface area contributed by atoms with Gasteiger partial charge in [-0.25, -0.2) is 14.6 Å². The van der Waals surface area contributed by atoms with Crippen LogP contribution in [0.1, 0.15) is 33.4 Å². The van der Waals surface area contributed by atoms with Gasteiger partial charge in [0.05, 0.1) is 24.7 Å². The van der Waals surface area contributed by atoms with Gasteiger partial charge in [-0.05, 0) is 23.8 Å². The highest BCUT2D eigenvalue weighted by molar-refractivity contribution is 5.94.